The van der Waals surface area contributed by atoms with Gasteiger partial charge in [-0.1, -0.05) is 41.9 Å². The molecular weight excluding hydrogens is 595 g/mol. The van der Waals surface area contributed by atoms with Crippen molar-refractivity contribution in [2.45, 2.75) is 31.7 Å². The molecule has 0 saturated heterocycles. The van der Waals surface area contributed by atoms with E-state index in [1.54, 1.807) is 24.3 Å². The minimum atomic E-state index is -4.78. The molecule has 0 unspecified atom stereocenters. The van der Waals surface area contributed by atoms with Gasteiger partial charge in [-0.25, -0.2) is 13.2 Å². The van der Waals surface area contributed by atoms with Crippen LogP contribution in [0.25, 0.3) is 22.2 Å². The summed E-state index contributed by atoms with van der Waals surface area (Å²) in [6, 6.07) is 13.7. The van der Waals surface area contributed by atoms with Crippen molar-refractivity contribution < 1.29 is 39.5 Å². The highest BCUT2D eigenvalue weighted by atomic mass is 35.5. The minimum Gasteiger partial charge on any atom is -0.259 e. The van der Waals surface area contributed by atoms with E-state index in [0.717, 1.165) is 28.9 Å². The fourth-order valence-corrected chi connectivity index (χ4v) is 4.98. The van der Waals surface area contributed by atoms with Crippen molar-refractivity contribution in [1.82, 2.24) is 9.78 Å². The first kappa shape index (κ1) is 29.5. The van der Waals surface area contributed by atoms with Crippen LogP contribution in [0.5, 0.6) is 0 Å². The maximum absolute atomic E-state index is 14.5. The molecule has 0 radical (unpaired) electrons. The number of nitrogens with zero attached hydrogens (tertiary/aromatic N) is 2. The zero-order valence-corrected chi connectivity index (χ0v) is 22.0. The van der Waals surface area contributed by atoms with Crippen LogP contribution in [0.2, 0.25) is 5.02 Å². The van der Waals surface area contributed by atoms with Gasteiger partial charge in [0.15, 0.2) is 0 Å². The smallest absolute Gasteiger partial charge is 0.259 e. The summed E-state index contributed by atoms with van der Waals surface area (Å²) in [6.45, 7) is -0.649. The van der Waals surface area contributed by atoms with E-state index in [4.69, 9.17) is 11.6 Å². The summed E-state index contributed by atoms with van der Waals surface area (Å²) in [5, 5.41) is 4.26. The lowest BCUT2D eigenvalue weighted by atomic mass is 9.98. The molecule has 5 aromatic rings. The molecule has 42 heavy (non-hydrogen) atoms. The van der Waals surface area contributed by atoms with E-state index in [0.29, 0.717) is 23.3 Å². The average molecular weight is 613 g/mol. The maximum atomic E-state index is 14.5. The molecule has 0 saturated carbocycles. The largest absolute Gasteiger partial charge is 0.418 e. The number of hydrogen-bond donors (Lipinski definition) is 0. The number of alkyl halides is 6. The molecule has 12 heteroatoms. The van der Waals surface area contributed by atoms with Gasteiger partial charge in [0, 0.05) is 33.7 Å². The van der Waals surface area contributed by atoms with Gasteiger partial charge < -0.3 is 0 Å². The molecule has 0 fully saturated rings. The Bertz CT molecular complexity index is 1770. The highest BCUT2D eigenvalue weighted by Crippen LogP contribution is 2.39. The fraction of sp³-hybridized carbons (Fsp3) is 0.167. The van der Waals surface area contributed by atoms with Gasteiger partial charge in [-0.2, -0.15) is 31.4 Å². The van der Waals surface area contributed by atoms with Crippen LogP contribution in [0.4, 0.5) is 39.5 Å². The summed E-state index contributed by atoms with van der Waals surface area (Å²) in [4.78, 5) is 0. The third-order valence-corrected chi connectivity index (χ3v) is 7.11. The lowest BCUT2D eigenvalue weighted by Gasteiger charge is -2.12. The van der Waals surface area contributed by atoms with E-state index in [2.05, 4.69) is 5.10 Å². The summed E-state index contributed by atoms with van der Waals surface area (Å²) in [5.74, 6) is -3.63. The molecule has 0 amide bonds. The molecule has 0 bridgehead atoms. The maximum Gasteiger partial charge on any atom is 0.418 e. The Morgan fingerprint density at radius 2 is 1.43 bits per heavy atom. The topological polar surface area (TPSA) is 17.8 Å². The van der Waals surface area contributed by atoms with Crippen molar-refractivity contribution in [3.63, 3.8) is 0 Å². The highest BCUT2D eigenvalue weighted by molar-refractivity contribution is 6.31. The second-order valence-corrected chi connectivity index (χ2v) is 9.97. The van der Waals surface area contributed by atoms with Crippen LogP contribution in [0.15, 0.2) is 72.8 Å². The Morgan fingerprint density at radius 3 is 2.10 bits per heavy atom. The Balaban J connectivity index is 1.58. The van der Waals surface area contributed by atoms with Crippen molar-refractivity contribution in [2.24, 2.45) is 0 Å². The summed E-state index contributed by atoms with van der Waals surface area (Å²) < 4.78 is 125. The molecule has 0 aliphatic rings. The molecule has 1 heterocycles. The number of hydrogen-bond acceptors (Lipinski definition) is 1. The summed E-state index contributed by atoms with van der Waals surface area (Å²) >= 11 is 6.12. The van der Waals surface area contributed by atoms with Gasteiger partial charge in [-0.05, 0) is 54.3 Å². The van der Waals surface area contributed by atoms with Crippen LogP contribution >= 0.6 is 11.6 Å². The van der Waals surface area contributed by atoms with E-state index in [-0.39, 0.29) is 34.5 Å². The molecule has 0 spiro atoms. The molecule has 0 N–H and O–H groups in total. The molecule has 4 aromatic carbocycles. The Morgan fingerprint density at radius 1 is 0.738 bits per heavy atom. The quantitative estimate of drug-likeness (QED) is 0.175. The molecular formula is C30H18ClF9N2. The van der Waals surface area contributed by atoms with Crippen LogP contribution in [0, 0.1) is 17.5 Å². The summed E-state index contributed by atoms with van der Waals surface area (Å²) in [7, 11) is 0. The van der Waals surface area contributed by atoms with Crippen molar-refractivity contribution in [3.8, 4) is 11.3 Å². The third kappa shape index (κ3) is 5.97. The molecule has 0 aliphatic carbocycles. The van der Waals surface area contributed by atoms with Crippen LogP contribution in [0.3, 0.4) is 0 Å². The van der Waals surface area contributed by atoms with Gasteiger partial charge in [-0.15, -0.1) is 0 Å². The minimum absolute atomic E-state index is 0.0471. The molecule has 1 aromatic heterocycles. The number of rotatable bonds is 6. The standard InChI is InChI=1S/C30H18ClF9N2/c31-24-10-9-19(29(35,36)37)12-17(24)8-7-16-3-1-4-18(11-16)28-21-5-2-6-23(30(38,39)40)27(21)41-42(28)15-22-25(33)13-20(32)14-26(22)34/h1-6,9-14H,7-8,15H2. The number of aryl methyl sites for hydroxylation is 2. The summed E-state index contributed by atoms with van der Waals surface area (Å²) in [6.07, 6.45) is -9.00. The van der Waals surface area contributed by atoms with Crippen molar-refractivity contribution in [1.29, 1.82) is 0 Å². The molecule has 2 nitrogen and oxygen atoms in total. The number of fused-ring (bicyclic) bond motifs is 1. The van der Waals surface area contributed by atoms with E-state index in [1.807, 2.05) is 0 Å². The predicted octanol–water partition coefficient (Wildman–Crippen LogP) is 9.65. The zero-order chi connectivity index (χ0) is 30.4. The van der Waals surface area contributed by atoms with E-state index < -0.39 is 58.6 Å². The van der Waals surface area contributed by atoms with Gasteiger partial charge in [0.05, 0.1) is 23.4 Å². The Kier molecular flexibility index (Phi) is 7.74. The van der Waals surface area contributed by atoms with E-state index >= 15 is 0 Å². The van der Waals surface area contributed by atoms with Gasteiger partial charge in [0.25, 0.3) is 0 Å². The number of halogens is 10. The van der Waals surface area contributed by atoms with E-state index in [9.17, 15) is 39.5 Å². The molecule has 5 rings (SSSR count). The Hall–Kier alpha value is -3.99. The molecule has 0 aliphatic heterocycles. The van der Waals surface area contributed by atoms with Crippen molar-refractivity contribution in [3.05, 3.63) is 123 Å². The second-order valence-electron chi connectivity index (χ2n) is 9.56. The van der Waals surface area contributed by atoms with Gasteiger partial charge in [0.1, 0.15) is 23.0 Å². The Labute approximate surface area is 238 Å². The van der Waals surface area contributed by atoms with Crippen molar-refractivity contribution >= 4 is 22.5 Å². The van der Waals surface area contributed by atoms with Crippen LogP contribution in [-0.4, -0.2) is 9.78 Å². The predicted molar refractivity (Wildman–Crippen MR) is 139 cm³/mol. The molecule has 0 atom stereocenters. The summed E-state index contributed by atoms with van der Waals surface area (Å²) in [5.41, 5.74) is -1.66. The fourth-order valence-electron chi connectivity index (χ4n) is 4.77. The van der Waals surface area contributed by atoms with E-state index in [1.165, 1.54) is 12.1 Å². The normalized spacial score (nSPS) is 12.3. The average Bonchev–Trinajstić information content (AvgIpc) is 3.27. The highest BCUT2D eigenvalue weighted by Gasteiger charge is 2.35. The first-order chi connectivity index (χ1) is 19.7. The number of benzene rings is 4. The van der Waals surface area contributed by atoms with Crippen LogP contribution < -0.4 is 0 Å². The number of aromatic nitrogens is 2. The zero-order valence-electron chi connectivity index (χ0n) is 21.2. The third-order valence-electron chi connectivity index (χ3n) is 6.75. The second kappa shape index (κ2) is 11.0. The first-order valence-corrected chi connectivity index (χ1v) is 12.8. The van der Waals surface area contributed by atoms with Crippen molar-refractivity contribution in [2.75, 3.05) is 0 Å². The first-order valence-electron chi connectivity index (χ1n) is 12.4. The van der Waals surface area contributed by atoms with Gasteiger partial charge >= 0.3 is 12.4 Å². The lowest BCUT2D eigenvalue weighted by molar-refractivity contribution is -0.138. The lowest BCUT2D eigenvalue weighted by Crippen LogP contribution is -2.09. The van der Waals surface area contributed by atoms with Crippen LogP contribution in [-0.2, 0) is 31.7 Å². The SMILES string of the molecule is Fc1cc(F)c(Cn2nc3c(C(F)(F)F)cccc3c2-c2cccc(CCc3cc(C(F)(F)F)ccc3Cl)c2)c(F)c1. The van der Waals surface area contributed by atoms with Gasteiger partial charge in [0.2, 0.25) is 0 Å². The van der Waals surface area contributed by atoms with Gasteiger partial charge in [-0.3, -0.25) is 4.68 Å². The van der Waals surface area contributed by atoms with Crippen LogP contribution in [0.1, 0.15) is 27.8 Å². The molecule has 218 valence electrons. The monoisotopic (exact) mass is 612 g/mol.